The van der Waals surface area contributed by atoms with Crippen LogP contribution in [0.15, 0.2) is 12.3 Å². The van der Waals surface area contributed by atoms with Crippen molar-refractivity contribution in [2.24, 2.45) is 0 Å². The van der Waals surface area contributed by atoms with Gasteiger partial charge in [-0.15, -0.1) is 0 Å². The predicted molar refractivity (Wildman–Crippen MR) is 58.7 cm³/mol. The van der Waals surface area contributed by atoms with Gasteiger partial charge in [-0.2, -0.15) is 4.98 Å². The molecule has 2 rings (SSSR count). The van der Waals surface area contributed by atoms with Crippen molar-refractivity contribution in [1.82, 2.24) is 9.97 Å². The summed E-state index contributed by atoms with van der Waals surface area (Å²) in [5.41, 5.74) is 5.53. The second-order valence-corrected chi connectivity index (χ2v) is 4.29. The van der Waals surface area contributed by atoms with E-state index in [1.165, 1.54) is 0 Å². The molecule has 2 N–H and O–H groups in total. The van der Waals surface area contributed by atoms with Gasteiger partial charge in [0.25, 0.3) is 0 Å². The van der Waals surface area contributed by atoms with Crippen LogP contribution in [0.5, 0.6) is 0 Å². The molecule has 1 aliphatic rings. The van der Waals surface area contributed by atoms with Crippen molar-refractivity contribution >= 4 is 11.8 Å². The smallest absolute Gasteiger partial charge is 0.221 e. The molecule has 1 aliphatic heterocycles. The number of nitrogens with two attached hydrogens (primary N) is 1. The third-order valence-corrected chi connectivity index (χ3v) is 2.58. The molecule has 0 bridgehead atoms. The van der Waals surface area contributed by atoms with Gasteiger partial charge in [-0.1, -0.05) is 0 Å². The number of ether oxygens (including phenoxy) is 1. The fraction of sp³-hybridized carbons (Fsp3) is 0.600. The summed E-state index contributed by atoms with van der Waals surface area (Å²) in [4.78, 5) is 10.3. The van der Waals surface area contributed by atoms with Gasteiger partial charge < -0.3 is 15.4 Å². The minimum atomic E-state index is -0.0426. The Balaban J connectivity index is 2.29. The van der Waals surface area contributed by atoms with Crippen molar-refractivity contribution in [3.05, 3.63) is 12.3 Å². The summed E-state index contributed by atoms with van der Waals surface area (Å²) < 4.78 is 5.45. The summed E-state index contributed by atoms with van der Waals surface area (Å²) in [6, 6.07) is 1.88. The van der Waals surface area contributed by atoms with Crippen LogP contribution in [0.25, 0.3) is 0 Å². The highest BCUT2D eigenvalue weighted by atomic mass is 16.5. The van der Waals surface area contributed by atoms with E-state index in [1.807, 2.05) is 6.07 Å². The normalized spacial score (nSPS) is 20.3. The van der Waals surface area contributed by atoms with Crippen LogP contribution in [-0.4, -0.2) is 35.3 Å². The minimum Gasteiger partial charge on any atom is -0.377 e. The molecule has 0 spiro atoms. The Bertz CT molecular complexity index is 353. The molecule has 5 heteroatoms. The summed E-state index contributed by atoms with van der Waals surface area (Å²) in [7, 11) is 0. The number of anilines is 2. The number of hydrogen-bond acceptors (Lipinski definition) is 5. The maximum Gasteiger partial charge on any atom is 0.221 e. The van der Waals surface area contributed by atoms with Gasteiger partial charge in [-0.25, -0.2) is 4.98 Å². The number of aromatic nitrogens is 2. The lowest BCUT2D eigenvalue weighted by molar-refractivity contribution is 0.0639. The molecule has 0 aliphatic carbocycles. The molecule has 1 aromatic rings. The van der Waals surface area contributed by atoms with Crippen molar-refractivity contribution < 1.29 is 4.74 Å². The molecule has 82 valence electrons. The standard InChI is InChI=1S/C10H16N4O/c1-10(2)7-15-6-5-14(10)8-3-4-12-9(11)13-8/h3-4H,5-7H2,1-2H3,(H2,11,12,13). The van der Waals surface area contributed by atoms with Gasteiger partial charge in [0.15, 0.2) is 0 Å². The number of nitrogens with zero attached hydrogens (tertiary/aromatic N) is 3. The van der Waals surface area contributed by atoms with Crippen molar-refractivity contribution in [1.29, 1.82) is 0 Å². The molecule has 5 nitrogen and oxygen atoms in total. The molecule has 0 saturated carbocycles. The van der Waals surface area contributed by atoms with Crippen LogP contribution in [0.1, 0.15) is 13.8 Å². The fourth-order valence-electron chi connectivity index (χ4n) is 1.80. The average molecular weight is 208 g/mol. The second kappa shape index (κ2) is 3.66. The van der Waals surface area contributed by atoms with Crippen LogP contribution in [0.3, 0.4) is 0 Å². The van der Waals surface area contributed by atoms with E-state index in [-0.39, 0.29) is 5.54 Å². The first-order valence-corrected chi connectivity index (χ1v) is 5.03. The first-order chi connectivity index (χ1) is 7.09. The van der Waals surface area contributed by atoms with Crippen LogP contribution in [-0.2, 0) is 4.74 Å². The van der Waals surface area contributed by atoms with E-state index in [2.05, 4.69) is 28.7 Å². The molecule has 0 aromatic carbocycles. The van der Waals surface area contributed by atoms with Gasteiger partial charge in [-0.3, -0.25) is 0 Å². The Morgan fingerprint density at radius 3 is 3.00 bits per heavy atom. The Kier molecular flexibility index (Phi) is 2.48. The Labute approximate surface area is 89.3 Å². The Morgan fingerprint density at radius 1 is 1.53 bits per heavy atom. The fourth-order valence-corrected chi connectivity index (χ4v) is 1.80. The van der Waals surface area contributed by atoms with Gasteiger partial charge in [0.1, 0.15) is 5.82 Å². The van der Waals surface area contributed by atoms with E-state index in [0.717, 1.165) is 19.0 Å². The lowest BCUT2D eigenvalue weighted by atomic mass is 10.0. The second-order valence-electron chi connectivity index (χ2n) is 4.29. The van der Waals surface area contributed by atoms with Crippen LogP contribution in [0.4, 0.5) is 11.8 Å². The molecule has 0 radical (unpaired) electrons. The number of hydrogen-bond donors (Lipinski definition) is 1. The van der Waals surface area contributed by atoms with Gasteiger partial charge in [0.2, 0.25) is 5.95 Å². The topological polar surface area (TPSA) is 64.3 Å². The quantitative estimate of drug-likeness (QED) is 0.735. The molecule has 2 heterocycles. The molecule has 0 amide bonds. The highest BCUT2D eigenvalue weighted by Gasteiger charge is 2.31. The molecule has 1 saturated heterocycles. The van der Waals surface area contributed by atoms with Gasteiger partial charge in [-0.05, 0) is 19.9 Å². The zero-order valence-electron chi connectivity index (χ0n) is 9.10. The summed E-state index contributed by atoms with van der Waals surface area (Å²) in [6.45, 7) is 6.53. The van der Waals surface area contributed by atoms with Crippen molar-refractivity contribution in [2.45, 2.75) is 19.4 Å². The van der Waals surface area contributed by atoms with E-state index >= 15 is 0 Å². The monoisotopic (exact) mass is 208 g/mol. The largest absolute Gasteiger partial charge is 0.377 e. The van der Waals surface area contributed by atoms with E-state index in [0.29, 0.717) is 12.6 Å². The first kappa shape index (κ1) is 10.2. The van der Waals surface area contributed by atoms with Crippen LogP contribution in [0, 0.1) is 0 Å². The van der Waals surface area contributed by atoms with E-state index < -0.39 is 0 Å². The molecule has 15 heavy (non-hydrogen) atoms. The third-order valence-electron chi connectivity index (χ3n) is 2.58. The predicted octanol–water partition coefficient (Wildman–Crippen LogP) is 0.674. The minimum absolute atomic E-state index is 0.0426. The summed E-state index contributed by atoms with van der Waals surface area (Å²) in [5, 5.41) is 0. The molecule has 0 unspecified atom stereocenters. The van der Waals surface area contributed by atoms with E-state index in [9.17, 15) is 0 Å². The molecule has 1 aromatic heterocycles. The van der Waals surface area contributed by atoms with Gasteiger partial charge in [0.05, 0.1) is 18.8 Å². The molecule has 0 atom stereocenters. The zero-order valence-corrected chi connectivity index (χ0v) is 9.10. The third kappa shape index (κ3) is 2.02. The van der Waals surface area contributed by atoms with E-state index in [1.54, 1.807) is 6.20 Å². The number of rotatable bonds is 1. The van der Waals surface area contributed by atoms with Crippen molar-refractivity contribution in [2.75, 3.05) is 30.4 Å². The SMILES string of the molecule is CC1(C)COCCN1c1ccnc(N)n1. The van der Waals surface area contributed by atoms with Crippen LogP contribution >= 0.6 is 0 Å². The Hall–Kier alpha value is -1.36. The van der Waals surface area contributed by atoms with Crippen LogP contribution < -0.4 is 10.6 Å². The van der Waals surface area contributed by atoms with E-state index in [4.69, 9.17) is 10.5 Å². The number of nitrogen functional groups attached to an aromatic ring is 1. The lowest BCUT2D eigenvalue weighted by Crippen LogP contribution is -2.53. The Morgan fingerprint density at radius 2 is 2.33 bits per heavy atom. The van der Waals surface area contributed by atoms with Crippen LogP contribution in [0.2, 0.25) is 0 Å². The summed E-state index contributed by atoms with van der Waals surface area (Å²) >= 11 is 0. The molecule has 1 fully saturated rings. The van der Waals surface area contributed by atoms with Crippen molar-refractivity contribution in [3.8, 4) is 0 Å². The maximum atomic E-state index is 5.57. The summed E-state index contributed by atoms with van der Waals surface area (Å²) in [6.07, 6.45) is 1.68. The average Bonchev–Trinajstić information content (AvgIpc) is 2.17. The summed E-state index contributed by atoms with van der Waals surface area (Å²) in [5.74, 6) is 1.19. The molecular formula is C10H16N4O. The van der Waals surface area contributed by atoms with Gasteiger partial charge >= 0.3 is 0 Å². The first-order valence-electron chi connectivity index (χ1n) is 5.03. The maximum absolute atomic E-state index is 5.57. The number of morpholine rings is 1. The highest BCUT2D eigenvalue weighted by molar-refractivity contribution is 5.44. The molecular weight excluding hydrogens is 192 g/mol. The lowest BCUT2D eigenvalue weighted by Gasteiger charge is -2.42. The zero-order chi connectivity index (χ0) is 10.9. The highest BCUT2D eigenvalue weighted by Crippen LogP contribution is 2.24. The van der Waals surface area contributed by atoms with Crippen molar-refractivity contribution in [3.63, 3.8) is 0 Å². The van der Waals surface area contributed by atoms with Gasteiger partial charge in [0, 0.05) is 12.7 Å².